The highest BCUT2D eigenvalue weighted by atomic mass is 35.5. The van der Waals surface area contributed by atoms with E-state index in [4.69, 9.17) is 21.3 Å². The van der Waals surface area contributed by atoms with E-state index in [2.05, 4.69) is 37.1 Å². The summed E-state index contributed by atoms with van der Waals surface area (Å²) in [5.74, 6) is 2.07. The number of benzene rings is 2. The van der Waals surface area contributed by atoms with Gasteiger partial charge in [0.1, 0.15) is 17.3 Å². The first-order chi connectivity index (χ1) is 15.6. The van der Waals surface area contributed by atoms with Crippen molar-refractivity contribution in [3.05, 3.63) is 71.0 Å². The van der Waals surface area contributed by atoms with Crippen LogP contribution in [0.15, 0.2) is 54.7 Å². The minimum absolute atomic E-state index is 0.0601. The van der Waals surface area contributed by atoms with E-state index in [1.165, 1.54) is 0 Å². The number of hydrogen-bond donors (Lipinski definition) is 1. The lowest BCUT2D eigenvalue weighted by atomic mass is 9.87. The summed E-state index contributed by atoms with van der Waals surface area (Å²) in [6, 6.07) is 15.3. The first-order valence-corrected chi connectivity index (χ1v) is 11.1. The van der Waals surface area contributed by atoms with Gasteiger partial charge in [-0.1, -0.05) is 32.4 Å². The maximum Gasteiger partial charge on any atom is 0.208 e. The number of imidazole rings is 1. The van der Waals surface area contributed by atoms with Crippen LogP contribution >= 0.6 is 11.6 Å². The topological polar surface area (TPSA) is 69.0 Å². The lowest BCUT2D eigenvalue weighted by Gasteiger charge is -2.21. The van der Waals surface area contributed by atoms with Crippen LogP contribution in [-0.2, 0) is 23.7 Å². The zero-order chi connectivity index (χ0) is 23.8. The van der Waals surface area contributed by atoms with Crippen LogP contribution in [0.2, 0.25) is 5.02 Å². The van der Waals surface area contributed by atoms with Gasteiger partial charge in [0.2, 0.25) is 5.95 Å². The van der Waals surface area contributed by atoms with Crippen LogP contribution in [0.1, 0.15) is 39.0 Å². The number of carbonyl (C=O) groups excluding carboxylic acids is 1. The van der Waals surface area contributed by atoms with E-state index >= 15 is 0 Å². The highest BCUT2D eigenvalue weighted by molar-refractivity contribution is 6.31. The fraction of sp³-hybridized carbons (Fsp3) is 0.269. The van der Waals surface area contributed by atoms with Crippen LogP contribution in [0.3, 0.4) is 0 Å². The monoisotopic (exact) mass is 462 g/mol. The summed E-state index contributed by atoms with van der Waals surface area (Å²) < 4.78 is 8.01. The number of ketones is 1. The molecular formula is C26H27ClN4O2. The minimum atomic E-state index is -0.0649. The smallest absolute Gasteiger partial charge is 0.208 e. The third-order valence-corrected chi connectivity index (χ3v) is 5.67. The van der Waals surface area contributed by atoms with Crippen molar-refractivity contribution in [2.45, 2.75) is 39.5 Å². The van der Waals surface area contributed by atoms with E-state index in [0.29, 0.717) is 17.2 Å². The second-order valence-electron chi connectivity index (χ2n) is 9.18. The molecule has 4 aromatic rings. The van der Waals surface area contributed by atoms with E-state index < -0.39 is 0 Å². The normalized spacial score (nSPS) is 11.6. The molecule has 0 bridgehead atoms. The molecule has 0 atom stereocenters. The molecule has 7 heteroatoms. The van der Waals surface area contributed by atoms with Crippen LogP contribution in [0.5, 0.6) is 11.5 Å². The van der Waals surface area contributed by atoms with E-state index in [-0.39, 0.29) is 17.6 Å². The molecule has 2 heterocycles. The molecule has 0 saturated heterocycles. The van der Waals surface area contributed by atoms with Crippen molar-refractivity contribution in [2.24, 2.45) is 7.05 Å². The molecule has 0 amide bonds. The van der Waals surface area contributed by atoms with Gasteiger partial charge in [-0.3, -0.25) is 9.78 Å². The van der Waals surface area contributed by atoms with Gasteiger partial charge in [-0.2, -0.15) is 0 Å². The number of hydrogen-bond acceptors (Lipinski definition) is 5. The van der Waals surface area contributed by atoms with Crippen molar-refractivity contribution in [1.29, 1.82) is 0 Å². The van der Waals surface area contributed by atoms with Crippen LogP contribution < -0.4 is 10.1 Å². The number of aromatic nitrogens is 3. The maximum absolute atomic E-state index is 11.4. The van der Waals surface area contributed by atoms with Gasteiger partial charge in [0.05, 0.1) is 16.7 Å². The Morgan fingerprint density at radius 3 is 2.58 bits per heavy atom. The highest BCUT2D eigenvalue weighted by Gasteiger charge is 2.18. The first-order valence-electron chi connectivity index (χ1n) is 10.8. The van der Waals surface area contributed by atoms with Crippen molar-refractivity contribution in [3.63, 3.8) is 0 Å². The number of halogens is 1. The number of nitrogens with one attached hydrogen (secondary N) is 1. The van der Waals surface area contributed by atoms with Gasteiger partial charge in [0.25, 0.3) is 0 Å². The van der Waals surface area contributed by atoms with E-state index in [1.807, 2.05) is 41.9 Å². The molecule has 0 aliphatic carbocycles. The van der Waals surface area contributed by atoms with Crippen molar-refractivity contribution in [3.8, 4) is 11.5 Å². The lowest BCUT2D eigenvalue weighted by molar-refractivity contribution is -0.116. The summed E-state index contributed by atoms with van der Waals surface area (Å²) in [5, 5.41) is 4.16. The van der Waals surface area contributed by atoms with Crippen molar-refractivity contribution in [2.75, 3.05) is 5.32 Å². The highest BCUT2D eigenvalue weighted by Crippen LogP contribution is 2.33. The van der Waals surface area contributed by atoms with Crippen molar-refractivity contribution < 1.29 is 9.53 Å². The molecule has 4 rings (SSSR count). The number of aryl methyl sites for hydroxylation is 1. The summed E-state index contributed by atoms with van der Waals surface area (Å²) in [6.45, 7) is 7.96. The molecule has 2 aromatic carbocycles. The predicted octanol–water partition coefficient (Wildman–Crippen LogP) is 6.59. The molecule has 1 N–H and O–H groups in total. The maximum atomic E-state index is 11.4. The second kappa shape index (κ2) is 8.87. The molecule has 0 aliphatic heterocycles. The Morgan fingerprint density at radius 2 is 1.85 bits per heavy atom. The Kier molecular flexibility index (Phi) is 6.13. The summed E-state index contributed by atoms with van der Waals surface area (Å²) >= 11 is 6.41. The fourth-order valence-electron chi connectivity index (χ4n) is 3.67. The Balaban J connectivity index is 1.59. The third-order valence-electron chi connectivity index (χ3n) is 5.34. The largest absolute Gasteiger partial charge is 0.457 e. The van der Waals surface area contributed by atoms with E-state index in [0.717, 1.165) is 33.3 Å². The molecule has 0 spiro atoms. The summed E-state index contributed by atoms with van der Waals surface area (Å²) in [4.78, 5) is 20.4. The van der Waals surface area contributed by atoms with Crippen LogP contribution in [0, 0.1) is 0 Å². The quantitative estimate of drug-likeness (QED) is 0.350. The van der Waals surface area contributed by atoms with Gasteiger partial charge in [0.15, 0.2) is 0 Å². The number of anilines is 2. The predicted molar refractivity (Wildman–Crippen MR) is 133 cm³/mol. The van der Waals surface area contributed by atoms with Crippen LogP contribution in [0.4, 0.5) is 11.6 Å². The number of ether oxygens (including phenoxy) is 1. The molecule has 170 valence electrons. The lowest BCUT2D eigenvalue weighted by Crippen LogP contribution is -2.12. The van der Waals surface area contributed by atoms with Gasteiger partial charge in [0, 0.05) is 42.5 Å². The number of carbonyl (C=O) groups is 1. The van der Waals surface area contributed by atoms with Crippen LogP contribution in [0.25, 0.3) is 11.0 Å². The van der Waals surface area contributed by atoms with E-state index in [1.54, 1.807) is 25.3 Å². The molecule has 0 radical (unpaired) electrons. The third kappa shape index (κ3) is 5.17. The number of rotatable bonds is 6. The van der Waals surface area contributed by atoms with Crippen LogP contribution in [-0.4, -0.2) is 20.3 Å². The Morgan fingerprint density at radius 1 is 1.09 bits per heavy atom. The average molecular weight is 463 g/mol. The fourth-order valence-corrected chi connectivity index (χ4v) is 4.07. The molecular weight excluding hydrogens is 436 g/mol. The SMILES string of the molecule is CC(=O)Cc1cc(Oc2ccc3c(c2)nc(Nc2ccc(Cl)c(C(C)(C)C)c2)n3C)ccn1. The summed E-state index contributed by atoms with van der Waals surface area (Å²) in [5.41, 5.74) is 4.40. The molecule has 6 nitrogen and oxygen atoms in total. The first kappa shape index (κ1) is 22.8. The minimum Gasteiger partial charge on any atom is -0.457 e. The molecule has 0 fully saturated rings. The molecule has 33 heavy (non-hydrogen) atoms. The average Bonchev–Trinajstić information content (AvgIpc) is 3.03. The van der Waals surface area contributed by atoms with Gasteiger partial charge >= 0.3 is 0 Å². The Bertz CT molecular complexity index is 1340. The zero-order valence-electron chi connectivity index (χ0n) is 19.4. The molecule has 2 aromatic heterocycles. The van der Waals surface area contributed by atoms with Crippen molar-refractivity contribution in [1.82, 2.24) is 14.5 Å². The van der Waals surface area contributed by atoms with Gasteiger partial charge < -0.3 is 14.6 Å². The second-order valence-corrected chi connectivity index (χ2v) is 9.59. The Labute approximate surface area is 198 Å². The van der Waals surface area contributed by atoms with Gasteiger partial charge in [-0.25, -0.2) is 4.98 Å². The number of nitrogens with zero attached hydrogens (tertiary/aromatic N) is 3. The summed E-state index contributed by atoms with van der Waals surface area (Å²) in [7, 11) is 1.97. The standard InChI is InChI=1S/C26H27ClN4O2/c1-16(32)12-18-13-20(10-11-28-18)33-19-7-9-24-23(15-19)30-25(31(24)5)29-17-6-8-22(27)21(14-17)26(2,3)4/h6-11,13-15H,12H2,1-5H3,(H,29,30). The summed E-state index contributed by atoms with van der Waals surface area (Å²) in [6.07, 6.45) is 1.93. The number of fused-ring (bicyclic) bond motifs is 1. The molecule has 0 unspecified atom stereocenters. The molecule has 0 saturated carbocycles. The number of pyridine rings is 1. The van der Waals surface area contributed by atoms with Gasteiger partial charge in [-0.05, 0) is 54.3 Å². The van der Waals surface area contributed by atoms with Gasteiger partial charge in [-0.15, -0.1) is 0 Å². The molecule has 0 aliphatic rings. The van der Waals surface area contributed by atoms with E-state index in [9.17, 15) is 4.79 Å². The Hall–Kier alpha value is -3.38. The van der Waals surface area contributed by atoms with Crippen molar-refractivity contribution >= 4 is 40.1 Å². The number of Topliss-reactive ketones (excluding diaryl/α,β-unsaturated/α-hetero) is 1. The zero-order valence-corrected chi connectivity index (χ0v) is 20.2.